The van der Waals surface area contributed by atoms with Crippen molar-refractivity contribution in [3.8, 4) is 11.5 Å². The van der Waals surface area contributed by atoms with Gasteiger partial charge in [-0.15, -0.1) is 0 Å². The van der Waals surface area contributed by atoms with Gasteiger partial charge in [-0.25, -0.2) is 0 Å². The van der Waals surface area contributed by atoms with E-state index in [0.717, 1.165) is 15.8 Å². The molecular weight excluding hydrogens is 356 g/mol. The minimum atomic E-state index is 0.00187. The van der Waals surface area contributed by atoms with E-state index >= 15 is 0 Å². The molecule has 0 aromatic heterocycles. The van der Waals surface area contributed by atoms with Crippen LogP contribution in [0.2, 0.25) is 5.02 Å². The summed E-state index contributed by atoms with van der Waals surface area (Å²) < 4.78 is 11.4. The minimum absolute atomic E-state index is 0.00187. The Morgan fingerprint density at radius 3 is 2.52 bits per heavy atom. The van der Waals surface area contributed by atoms with Crippen molar-refractivity contribution < 1.29 is 14.3 Å². The molecule has 2 aromatic carbocycles. The van der Waals surface area contributed by atoms with Crippen LogP contribution in [0.25, 0.3) is 0 Å². The highest BCUT2D eigenvalue weighted by Crippen LogP contribution is 2.25. The Hall–Kier alpha value is -1.52. The first-order chi connectivity index (χ1) is 10.1. The lowest BCUT2D eigenvalue weighted by molar-refractivity contribution is -0.120. The van der Waals surface area contributed by atoms with Crippen LogP contribution in [0.4, 0.5) is 0 Å². The molecule has 0 radical (unpaired) electrons. The van der Waals surface area contributed by atoms with Gasteiger partial charge in [-0.1, -0.05) is 17.7 Å². The van der Waals surface area contributed by atoms with E-state index in [1.807, 2.05) is 18.2 Å². The van der Waals surface area contributed by atoms with E-state index < -0.39 is 0 Å². The zero-order chi connectivity index (χ0) is 15.2. The number of Topliss-reactive ketones (excluding diaryl/α,β-unsaturated/α-hetero) is 1. The summed E-state index contributed by atoms with van der Waals surface area (Å²) in [6.07, 6.45) is 0.316. The smallest absolute Gasteiger partial charge is 0.174 e. The molecule has 0 heterocycles. The van der Waals surface area contributed by atoms with Gasteiger partial charge in [0.25, 0.3) is 0 Å². The molecule has 0 saturated heterocycles. The summed E-state index contributed by atoms with van der Waals surface area (Å²) in [5.41, 5.74) is 0.910. The highest BCUT2D eigenvalue weighted by atomic mass is 79.9. The Bertz CT molecular complexity index is 626. The Morgan fingerprint density at radius 2 is 1.90 bits per heavy atom. The van der Waals surface area contributed by atoms with Crippen LogP contribution in [0.5, 0.6) is 11.5 Å². The van der Waals surface area contributed by atoms with Crippen molar-refractivity contribution in [1.82, 2.24) is 0 Å². The third kappa shape index (κ3) is 4.76. The van der Waals surface area contributed by atoms with E-state index in [4.69, 9.17) is 21.1 Å². The second kappa shape index (κ2) is 7.48. The largest absolute Gasteiger partial charge is 0.496 e. The molecule has 2 aromatic rings. The van der Waals surface area contributed by atoms with E-state index in [9.17, 15) is 4.79 Å². The molecule has 0 spiro atoms. The number of rotatable bonds is 6. The Morgan fingerprint density at radius 1 is 1.19 bits per heavy atom. The summed E-state index contributed by atoms with van der Waals surface area (Å²) in [5.74, 6) is 1.37. The number of ether oxygens (including phenoxy) is 2. The molecule has 0 aliphatic heterocycles. The van der Waals surface area contributed by atoms with E-state index in [2.05, 4.69) is 15.9 Å². The molecule has 0 aliphatic carbocycles. The number of benzene rings is 2. The second-order valence-electron chi connectivity index (χ2n) is 4.43. The predicted octanol–water partition coefficient (Wildman–Crippen LogP) is 4.30. The molecule has 2 rings (SSSR count). The van der Waals surface area contributed by atoms with E-state index in [0.29, 0.717) is 17.2 Å². The summed E-state index contributed by atoms with van der Waals surface area (Å²) in [7, 11) is 1.60. The van der Waals surface area contributed by atoms with Gasteiger partial charge < -0.3 is 9.47 Å². The number of carbonyl (C=O) groups excluding carboxylic acids is 1. The number of hydrogen-bond acceptors (Lipinski definition) is 3. The summed E-state index contributed by atoms with van der Waals surface area (Å²) in [5, 5.41) is 0.636. The van der Waals surface area contributed by atoms with Crippen LogP contribution in [0.1, 0.15) is 5.56 Å². The Kier molecular flexibility index (Phi) is 5.65. The van der Waals surface area contributed by atoms with Gasteiger partial charge in [0, 0.05) is 11.4 Å². The molecule has 0 aliphatic rings. The molecular formula is C16H14BrClO3. The van der Waals surface area contributed by atoms with Gasteiger partial charge in [0.15, 0.2) is 5.78 Å². The van der Waals surface area contributed by atoms with Crippen molar-refractivity contribution >= 4 is 33.3 Å². The fourth-order valence-electron chi connectivity index (χ4n) is 1.79. The van der Waals surface area contributed by atoms with Crippen molar-refractivity contribution in [2.24, 2.45) is 0 Å². The summed E-state index contributed by atoms with van der Waals surface area (Å²) >= 11 is 9.18. The van der Waals surface area contributed by atoms with Gasteiger partial charge in [-0.2, -0.15) is 0 Å². The van der Waals surface area contributed by atoms with Crippen molar-refractivity contribution in [3.05, 3.63) is 57.5 Å². The van der Waals surface area contributed by atoms with Gasteiger partial charge in [-0.3, -0.25) is 4.79 Å². The topological polar surface area (TPSA) is 35.5 Å². The monoisotopic (exact) mass is 368 g/mol. The Balaban J connectivity index is 1.89. The summed E-state index contributed by atoms with van der Waals surface area (Å²) in [6.45, 7) is 0.0330. The molecule has 110 valence electrons. The van der Waals surface area contributed by atoms with Crippen molar-refractivity contribution in [3.63, 3.8) is 0 Å². The highest BCUT2D eigenvalue weighted by Gasteiger charge is 2.07. The molecule has 5 heteroatoms. The summed E-state index contributed by atoms with van der Waals surface area (Å²) in [6, 6.07) is 12.5. The lowest BCUT2D eigenvalue weighted by atomic mass is 10.1. The average Bonchev–Trinajstić information content (AvgIpc) is 2.47. The van der Waals surface area contributed by atoms with E-state index in [1.165, 1.54) is 0 Å². The van der Waals surface area contributed by atoms with E-state index in [1.54, 1.807) is 31.4 Å². The number of hydrogen-bond donors (Lipinski definition) is 0. The molecule has 0 N–H and O–H groups in total. The average molecular weight is 370 g/mol. The van der Waals surface area contributed by atoms with Crippen molar-refractivity contribution in [2.45, 2.75) is 6.42 Å². The standard InChI is InChI=1S/C16H14BrClO3/c1-20-16-7-2-11(9-15(16)17)8-13(19)10-21-14-5-3-12(18)4-6-14/h2-7,9H,8,10H2,1H3. The number of carbonyl (C=O) groups is 1. The van der Waals surface area contributed by atoms with Crippen LogP contribution in [0, 0.1) is 0 Å². The fourth-order valence-corrected chi connectivity index (χ4v) is 2.51. The van der Waals surface area contributed by atoms with Crippen molar-refractivity contribution in [1.29, 1.82) is 0 Å². The molecule has 0 saturated carbocycles. The van der Waals surface area contributed by atoms with Crippen LogP contribution in [-0.4, -0.2) is 19.5 Å². The third-order valence-corrected chi connectivity index (χ3v) is 3.70. The molecule has 0 unspecified atom stereocenters. The van der Waals surface area contributed by atoms with Gasteiger partial charge in [0.2, 0.25) is 0 Å². The maximum absolute atomic E-state index is 11.9. The second-order valence-corrected chi connectivity index (χ2v) is 5.72. The third-order valence-electron chi connectivity index (χ3n) is 2.83. The molecule has 0 atom stereocenters. The van der Waals surface area contributed by atoms with Gasteiger partial charge in [-0.05, 0) is 57.9 Å². The highest BCUT2D eigenvalue weighted by molar-refractivity contribution is 9.10. The lowest BCUT2D eigenvalue weighted by Gasteiger charge is -2.07. The molecule has 0 fully saturated rings. The molecule has 3 nitrogen and oxygen atoms in total. The number of halogens is 2. The van der Waals surface area contributed by atoms with Gasteiger partial charge in [0.05, 0.1) is 11.6 Å². The SMILES string of the molecule is COc1ccc(CC(=O)COc2ccc(Cl)cc2)cc1Br. The first-order valence-corrected chi connectivity index (χ1v) is 7.48. The van der Waals surface area contributed by atoms with Crippen LogP contribution >= 0.6 is 27.5 Å². The normalized spacial score (nSPS) is 10.2. The van der Waals surface area contributed by atoms with Crippen molar-refractivity contribution in [2.75, 3.05) is 13.7 Å². The predicted molar refractivity (Wildman–Crippen MR) is 86.4 cm³/mol. The minimum Gasteiger partial charge on any atom is -0.496 e. The van der Waals surface area contributed by atoms with Gasteiger partial charge >= 0.3 is 0 Å². The van der Waals surface area contributed by atoms with Gasteiger partial charge in [0.1, 0.15) is 18.1 Å². The fraction of sp³-hybridized carbons (Fsp3) is 0.188. The van der Waals surface area contributed by atoms with Crippen LogP contribution in [-0.2, 0) is 11.2 Å². The zero-order valence-electron chi connectivity index (χ0n) is 11.4. The molecule has 0 bridgehead atoms. The molecule has 0 amide bonds. The van der Waals surface area contributed by atoms with E-state index in [-0.39, 0.29) is 12.4 Å². The maximum Gasteiger partial charge on any atom is 0.174 e. The molecule has 21 heavy (non-hydrogen) atoms. The quantitative estimate of drug-likeness (QED) is 0.761. The zero-order valence-corrected chi connectivity index (χ0v) is 13.8. The van der Waals surface area contributed by atoms with Crippen LogP contribution in [0.3, 0.4) is 0 Å². The first-order valence-electron chi connectivity index (χ1n) is 6.31. The van der Waals surface area contributed by atoms with Crippen LogP contribution in [0.15, 0.2) is 46.9 Å². The lowest BCUT2D eigenvalue weighted by Crippen LogP contribution is -2.13. The Labute approximate surface area is 137 Å². The summed E-state index contributed by atoms with van der Waals surface area (Å²) in [4.78, 5) is 11.9. The number of methoxy groups -OCH3 is 1. The van der Waals surface area contributed by atoms with Crippen LogP contribution < -0.4 is 9.47 Å². The maximum atomic E-state index is 11.9. The first kappa shape index (κ1) is 15.9. The number of ketones is 1.